The number of carbonyl (C=O) groups excluding carboxylic acids is 1. The summed E-state index contributed by atoms with van der Waals surface area (Å²) in [4.78, 5) is 11.3. The number of aromatic nitrogens is 2. The largest absolute Gasteiger partial charge is 0.383 e. The van der Waals surface area contributed by atoms with Gasteiger partial charge in [-0.25, -0.2) is 13.1 Å². The summed E-state index contributed by atoms with van der Waals surface area (Å²) in [6, 6.07) is 0. The molecule has 0 atom stereocenters. The summed E-state index contributed by atoms with van der Waals surface area (Å²) < 4.78 is 32.5. The number of aryl methyl sites for hydroxylation is 1. The van der Waals surface area contributed by atoms with E-state index in [1.165, 1.54) is 18.0 Å². The minimum atomic E-state index is -3.86. The zero-order chi connectivity index (χ0) is 15.9. The van der Waals surface area contributed by atoms with Crippen molar-refractivity contribution in [3.63, 3.8) is 0 Å². The van der Waals surface area contributed by atoms with Crippen LogP contribution in [0.25, 0.3) is 0 Å². The van der Waals surface area contributed by atoms with Crippen LogP contribution < -0.4 is 15.8 Å². The summed E-state index contributed by atoms with van der Waals surface area (Å²) in [5.41, 5.74) is 5.59. The number of hydrogen-bond acceptors (Lipinski definition) is 6. The molecule has 10 heteroatoms. The van der Waals surface area contributed by atoms with E-state index in [1.807, 2.05) is 6.92 Å². The van der Waals surface area contributed by atoms with E-state index in [4.69, 9.17) is 10.5 Å². The van der Waals surface area contributed by atoms with E-state index in [1.54, 1.807) is 0 Å². The second-order valence-electron chi connectivity index (χ2n) is 4.31. The highest BCUT2D eigenvalue weighted by Crippen LogP contribution is 2.15. The number of nitrogens with two attached hydrogens (primary N) is 1. The minimum absolute atomic E-state index is 0.0873. The Kier molecular flexibility index (Phi) is 6.59. The molecule has 9 nitrogen and oxygen atoms in total. The number of carbonyl (C=O) groups is 1. The van der Waals surface area contributed by atoms with Gasteiger partial charge < -0.3 is 15.8 Å². The number of nitrogens with one attached hydrogen (secondary N) is 2. The fraction of sp³-hybridized carbons (Fsp3) is 0.636. The van der Waals surface area contributed by atoms with Crippen molar-refractivity contribution in [3.8, 4) is 0 Å². The van der Waals surface area contributed by atoms with Crippen LogP contribution in [-0.4, -0.2) is 50.9 Å². The molecule has 120 valence electrons. The highest BCUT2D eigenvalue weighted by molar-refractivity contribution is 7.89. The van der Waals surface area contributed by atoms with E-state index >= 15 is 0 Å². The van der Waals surface area contributed by atoms with E-state index in [0.717, 1.165) is 6.42 Å². The molecule has 4 N–H and O–H groups in total. The van der Waals surface area contributed by atoms with Gasteiger partial charge in [-0.15, -0.1) is 0 Å². The lowest BCUT2D eigenvalue weighted by atomic mass is 10.5. The molecular formula is C11H21N5O4S. The molecule has 0 bridgehead atoms. The second-order valence-corrected chi connectivity index (χ2v) is 6.04. The summed E-state index contributed by atoms with van der Waals surface area (Å²) in [7, 11) is -2.36. The highest BCUT2D eigenvalue weighted by Gasteiger charge is 2.21. The Bertz CT molecular complexity index is 569. The van der Waals surface area contributed by atoms with Gasteiger partial charge in [0.1, 0.15) is 4.90 Å². The maximum atomic E-state index is 12.1. The van der Waals surface area contributed by atoms with Crippen molar-refractivity contribution >= 4 is 21.7 Å². The molecule has 1 amide bonds. The third-order valence-electron chi connectivity index (χ3n) is 2.55. The van der Waals surface area contributed by atoms with Gasteiger partial charge in [0.05, 0.1) is 13.2 Å². The van der Waals surface area contributed by atoms with Gasteiger partial charge in [0.25, 0.3) is 0 Å². The molecular weight excluding hydrogens is 298 g/mol. The van der Waals surface area contributed by atoms with E-state index < -0.39 is 15.9 Å². The van der Waals surface area contributed by atoms with Crippen LogP contribution in [0, 0.1) is 0 Å². The zero-order valence-electron chi connectivity index (χ0n) is 12.1. The number of ether oxygens (including phenoxy) is 1. The van der Waals surface area contributed by atoms with E-state index in [-0.39, 0.29) is 17.3 Å². The van der Waals surface area contributed by atoms with Gasteiger partial charge in [-0.3, -0.25) is 9.48 Å². The van der Waals surface area contributed by atoms with Gasteiger partial charge in [0.2, 0.25) is 15.9 Å². The van der Waals surface area contributed by atoms with Crippen LogP contribution in [0.3, 0.4) is 0 Å². The van der Waals surface area contributed by atoms with E-state index in [0.29, 0.717) is 19.7 Å². The molecule has 0 spiro atoms. The summed E-state index contributed by atoms with van der Waals surface area (Å²) in [5, 5.41) is 6.42. The SMILES string of the molecule is CCCn1cc(S(=O)(=O)NCC(=O)NCCOC)c(N)n1. The number of nitrogens with zero attached hydrogens (tertiary/aromatic N) is 2. The van der Waals surface area contributed by atoms with Crippen molar-refractivity contribution in [1.29, 1.82) is 0 Å². The molecule has 0 unspecified atom stereocenters. The van der Waals surface area contributed by atoms with Gasteiger partial charge in [-0.2, -0.15) is 5.10 Å². The van der Waals surface area contributed by atoms with Gasteiger partial charge in [0, 0.05) is 26.4 Å². The first-order valence-corrected chi connectivity index (χ1v) is 7.97. The van der Waals surface area contributed by atoms with Crippen LogP contribution in [0.5, 0.6) is 0 Å². The fourth-order valence-corrected chi connectivity index (χ4v) is 2.62. The number of hydrogen-bond donors (Lipinski definition) is 3. The predicted molar refractivity (Wildman–Crippen MR) is 77.0 cm³/mol. The van der Waals surface area contributed by atoms with Crippen LogP contribution in [0.15, 0.2) is 11.1 Å². The molecule has 1 aromatic rings. The van der Waals surface area contributed by atoms with Crippen molar-refractivity contribution < 1.29 is 17.9 Å². The normalized spacial score (nSPS) is 11.5. The Balaban J connectivity index is 2.63. The molecule has 0 fully saturated rings. The van der Waals surface area contributed by atoms with Crippen molar-refractivity contribution in [1.82, 2.24) is 19.8 Å². The maximum Gasteiger partial charge on any atom is 0.246 e. The number of sulfonamides is 1. The lowest BCUT2D eigenvalue weighted by Crippen LogP contribution is -2.38. The number of anilines is 1. The third-order valence-corrected chi connectivity index (χ3v) is 3.97. The Labute approximate surface area is 123 Å². The van der Waals surface area contributed by atoms with Crippen molar-refractivity contribution in [2.75, 3.05) is 32.5 Å². The van der Waals surface area contributed by atoms with Crippen LogP contribution in [0.2, 0.25) is 0 Å². The summed E-state index contributed by atoms with van der Waals surface area (Å²) in [6.07, 6.45) is 2.15. The molecule has 1 heterocycles. The fourth-order valence-electron chi connectivity index (χ4n) is 1.56. The first kappa shape index (κ1) is 17.4. The molecule has 1 aromatic heterocycles. The molecule has 0 saturated carbocycles. The predicted octanol–water partition coefficient (Wildman–Crippen LogP) is -1.08. The van der Waals surface area contributed by atoms with Crippen LogP contribution in [0.4, 0.5) is 5.82 Å². The highest BCUT2D eigenvalue weighted by atomic mass is 32.2. The number of rotatable bonds is 9. The van der Waals surface area contributed by atoms with Crippen molar-refractivity contribution in [2.45, 2.75) is 24.8 Å². The van der Waals surface area contributed by atoms with Crippen molar-refractivity contribution in [3.05, 3.63) is 6.20 Å². The molecule has 0 aromatic carbocycles. The van der Waals surface area contributed by atoms with E-state index in [9.17, 15) is 13.2 Å². The summed E-state index contributed by atoms with van der Waals surface area (Å²) in [6.45, 7) is 2.80. The van der Waals surface area contributed by atoms with Crippen LogP contribution in [0.1, 0.15) is 13.3 Å². The monoisotopic (exact) mass is 319 g/mol. The van der Waals surface area contributed by atoms with Gasteiger partial charge >= 0.3 is 0 Å². The summed E-state index contributed by atoms with van der Waals surface area (Å²) in [5.74, 6) is -0.536. The van der Waals surface area contributed by atoms with Crippen molar-refractivity contribution in [2.24, 2.45) is 0 Å². The van der Waals surface area contributed by atoms with Gasteiger partial charge in [-0.1, -0.05) is 6.92 Å². The average molecular weight is 319 g/mol. The minimum Gasteiger partial charge on any atom is -0.383 e. The lowest BCUT2D eigenvalue weighted by Gasteiger charge is -2.06. The second kappa shape index (κ2) is 7.96. The molecule has 1 rings (SSSR count). The third kappa shape index (κ3) is 5.33. The zero-order valence-corrected chi connectivity index (χ0v) is 12.9. The molecule has 21 heavy (non-hydrogen) atoms. The lowest BCUT2D eigenvalue weighted by molar-refractivity contribution is -0.120. The van der Waals surface area contributed by atoms with E-state index in [2.05, 4.69) is 15.1 Å². The number of methoxy groups -OCH3 is 1. The Morgan fingerprint density at radius 2 is 2.24 bits per heavy atom. The van der Waals surface area contributed by atoms with Gasteiger partial charge in [-0.05, 0) is 6.42 Å². The van der Waals surface area contributed by atoms with Crippen LogP contribution in [-0.2, 0) is 26.1 Å². The Hall–Kier alpha value is -1.65. The molecule has 0 radical (unpaired) electrons. The summed E-state index contributed by atoms with van der Waals surface area (Å²) >= 11 is 0. The molecule has 0 aliphatic heterocycles. The Morgan fingerprint density at radius 3 is 2.86 bits per heavy atom. The maximum absolute atomic E-state index is 12.1. The van der Waals surface area contributed by atoms with Gasteiger partial charge in [0.15, 0.2) is 5.82 Å². The molecule has 0 aliphatic carbocycles. The molecule has 0 saturated heterocycles. The average Bonchev–Trinajstić information content (AvgIpc) is 2.79. The first-order valence-electron chi connectivity index (χ1n) is 6.49. The molecule has 0 aliphatic rings. The quantitative estimate of drug-likeness (QED) is 0.496. The van der Waals surface area contributed by atoms with Crippen LogP contribution >= 0.6 is 0 Å². The topological polar surface area (TPSA) is 128 Å². The number of nitrogen functional groups attached to an aromatic ring is 1. The first-order chi connectivity index (χ1) is 9.90. The smallest absolute Gasteiger partial charge is 0.246 e. The number of amides is 1. The standard InChI is InChI=1S/C11H21N5O4S/c1-3-5-16-8-9(11(12)15-16)21(18,19)14-7-10(17)13-4-6-20-2/h8,14H,3-7H2,1-2H3,(H2,12,15)(H,13,17). The Morgan fingerprint density at radius 1 is 1.52 bits per heavy atom.